The molecule has 3 amide bonds. The Labute approximate surface area is 277 Å². The smallest absolute Gasteiger partial charge is 0.251 e. The SMILES string of the molecule is C=CCN(C(=O)C1N([C@H](C)CO)C(=O)[C@@H]2[C@@H](C(=O)N(CC=C)c3ccc(OCC)cc3)[C@@H]3SC12CC3Br)c1ccc(OC)cc1. The average molecular weight is 699 g/mol. The number of likely N-dealkylation sites (tertiary alicyclic amines) is 1. The number of benzene rings is 2. The van der Waals surface area contributed by atoms with Crippen molar-refractivity contribution in [3.8, 4) is 11.5 Å². The van der Waals surface area contributed by atoms with Crippen LogP contribution in [0.15, 0.2) is 73.8 Å². The fourth-order valence-corrected chi connectivity index (χ4v) is 10.7. The minimum atomic E-state index is -0.898. The van der Waals surface area contributed by atoms with Crippen LogP contribution in [0.5, 0.6) is 11.5 Å². The first kappa shape index (κ1) is 33.1. The van der Waals surface area contributed by atoms with Crippen molar-refractivity contribution in [1.82, 2.24) is 4.90 Å². The number of hydrogen-bond donors (Lipinski definition) is 1. The van der Waals surface area contributed by atoms with Crippen molar-refractivity contribution in [2.45, 2.75) is 47.2 Å². The van der Waals surface area contributed by atoms with Gasteiger partial charge in [-0.15, -0.1) is 24.9 Å². The van der Waals surface area contributed by atoms with Crippen LogP contribution < -0.4 is 19.3 Å². The number of aliphatic hydroxyl groups excluding tert-OH is 1. The first-order valence-electron chi connectivity index (χ1n) is 15.1. The highest BCUT2D eigenvalue weighted by Gasteiger charge is 2.76. The van der Waals surface area contributed by atoms with Gasteiger partial charge in [-0.1, -0.05) is 28.1 Å². The zero-order valence-electron chi connectivity index (χ0n) is 25.8. The van der Waals surface area contributed by atoms with Gasteiger partial charge in [0.25, 0.3) is 5.91 Å². The average Bonchev–Trinajstić information content (AvgIpc) is 3.65. The molecular weight excluding hydrogens is 658 g/mol. The lowest BCUT2D eigenvalue weighted by molar-refractivity contribution is -0.141. The van der Waals surface area contributed by atoms with E-state index in [2.05, 4.69) is 29.1 Å². The van der Waals surface area contributed by atoms with Crippen LogP contribution in [-0.2, 0) is 14.4 Å². The van der Waals surface area contributed by atoms with Crippen LogP contribution >= 0.6 is 27.7 Å². The molecule has 0 radical (unpaired) electrons. The Kier molecular flexibility index (Phi) is 10.0. The van der Waals surface area contributed by atoms with Crippen LogP contribution in [0.3, 0.4) is 0 Å². The van der Waals surface area contributed by atoms with E-state index >= 15 is 0 Å². The number of anilines is 2. The van der Waals surface area contributed by atoms with Crippen LogP contribution in [0.25, 0.3) is 0 Å². The number of fused-ring (bicyclic) bond motifs is 1. The summed E-state index contributed by atoms with van der Waals surface area (Å²) in [6.07, 6.45) is 3.85. The largest absolute Gasteiger partial charge is 0.497 e. The van der Waals surface area contributed by atoms with Crippen molar-refractivity contribution in [1.29, 1.82) is 0 Å². The summed E-state index contributed by atoms with van der Waals surface area (Å²) in [5.74, 6) is -0.818. The second-order valence-electron chi connectivity index (χ2n) is 11.5. The standard InChI is InChI=1S/C34H40BrN3O6S/c1-6-17-36(22-11-15-25(16-12-22)44-8-3)31(40)27-28-32(41)38(21(4)20-39)30(34(28)19-26(35)29(27)45-34)33(42)37(18-7-2)23-9-13-24(43-5)14-10-23/h6-7,9-16,21,26-30,39H,1-2,8,17-20H2,3-5H3/t21-,26?,27-,28+,29-,30?,34?/m1/s1. The number of methoxy groups -OCH3 is 1. The van der Waals surface area contributed by atoms with E-state index in [1.165, 1.54) is 4.90 Å². The molecule has 1 spiro atoms. The van der Waals surface area contributed by atoms with Crippen LogP contribution in [0.4, 0.5) is 11.4 Å². The number of hydrogen-bond acceptors (Lipinski definition) is 7. The number of ether oxygens (including phenoxy) is 2. The molecule has 45 heavy (non-hydrogen) atoms. The Hall–Kier alpha value is -3.28. The topological polar surface area (TPSA) is 99.6 Å². The fourth-order valence-electron chi connectivity index (χ4n) is 7.07. The van der Waals surface area contributed by atoms with Gasteiger partial charge in [-0.3, -0.25) is 14.4 Å². The quantitative estimate of drug-likeness (QED) is 0.240. The van der Waals surface area contributed by atoms with Gasteiger partial charge in [0, 0.05) is 34.5 Å². The van der Waals surface area contributed by atoms with Gasteiger partial charge < -0.3 is 29.3 Å². The predicted octanol–water partition coefficient (Wildman–Crippen LogP) is 4.68. The highest BCUT2D eigenvalue weighted by molar-refractivity contribution is 9.09. The number of nitrogens with zero attached hydrogens (tertiary/aromatic N) is 3. The number of carbonyl (C=O) groups is 3. The molecule has 2 aromatic carbocycles. The minimum absolute atomic E-state index is 0.0973. The van der Waals surface area contributed by atoms with Crippen LogP contribution in [0, 0.1) is 11.8 Å². The van der Waals surface area contributed by atoms with Crippen molar-refractivity contribution in [3.05, 3.63) is 73.8 Å². The molecular formula is C34H40BrN3O6S. The van der Waals surface area contributed by atoms with Crippen molar-refractivity contribution >= 4 is 56.8 Å². The fraction of sp³-hybridized carbons (Fsp3) is 0.441. The van der Waals surface area contributed by atoms with Gasteiger partial charge in [0.2, 0.25) is 11.8 Å². The van der Waals surface area contributed by atoms with Crippen molar-refractivity contribution < 1.29 is 29.0 Å². The van der Waals surface area contributed by atoms with Gasteiger partial charge in [0.15, 0.2) is 0 Å². The van der Waals surface area contributed by atoms with Crippen molar-refractivity contribution in [2.24, 2.45) is 11.8 Å². The maximum atomic E-state index is 14.7. The Morgan fingerprint density at radius 3 is 2.13 bits per heavy atom. The van der Waals surface area contributed by atoms with Gasteiger partial charge >= 0.3 is 0 Å². The third-order valence-electron chi connectivity index (χ3n) is 8.98. The molecule has 0 aliphatic carbocycles. The summed E-state index contributed by atoms with van der Waals surface area (Å²) in [7, 11) is 1.58. The molecule has 2 aromatic rings. The number of aliphatic hydroxyl groups is 1. The third kappa shape index (κ3) is 5.67. The maximum Gasteiger partial charge on any atom is 0.251 e. The Bertz CT molecular complexity index is 1440. The molecule has 5 rings (SSSR count). The van der Waals surface area contributed by atoms with Crippen LogP contribution in [-0.4, -0.2) is 88.0 Å². The molecule has 240 valence electrons. The number of amides is 3. The minimum Gasteiger partial charge on any atom is -0.497 e. The first-order chi connectivity index (χ1) is 21.7. The van der Waals surface area contributed by atoms with E-state index in [9.17, 15) is 19.5 Å². The Morgan fingerprint density at radius 2 is 1.62 bits per heavy atom. The summed E-state index contributed by atoms with van der Waals surface area (Å²) >= 11 is 5.41. The molecule has 3 fully saturated rings. The van der Waals surface area contributed by atoms with Crippen molar-refractivity contribution in [3.63, 3.8) is 0 Å². The molecule has 7 atom stereocenters. The monoisotopic (exact) mass is 697 g/mol. The summed E-state index contributed by atoms with van der Waals surface area (Å²) in [6, 6.07) is 12.9. The van der Waals surface area contributed by atoms with Gasteiger partial charge in [-0.2, -0.15) is 0 Å². The van der Waals surface area contributed by atoms with Crippen LogP contribution in [0.1, 0.15) is 20.3 Å². The lowest BCUT2D eigenvalue weighted by Gasteiger charge is -2.39. The molecule has 11 heteroatoms. The first-order valence-corrected chi connectivity index (χ1v) is 16.9. The summed E-state index contributed by atoms with van der Waals surface area (Å²) < 4.78 is 10.0. The molecule has 3 aliphatic rings. The summed E-state index contributed by atoms with van der Waals surface area (Å²) in [5.41, 5.74) is 1.31. The zero-order chi connectivity index (χ0) is 32.5. The molecule has 3 heterocycles. The summed E-state index contributed by atoms with van der Waals surface area (Å²) in [5, 5.41) is 10.1. The third-order valence-corrected chi connectivity index (χ3v) is 12.2. The molecule has 9 nitrogen and oxygen atoms in total. The molecule has 3 saturated heterocycles. The molecule has 3 unspecified atom stereocenters. The molecule has 1 N–H and O–H groups in total. The van der Waals surface area contributed by atoms with Gasteiger partial charge in [0.05, 0.1) is 42.9 Å². The molecule has 2 bridgehead atoms. The molecule has 0 saturated carbocycles. The van der Waals surface area contributed by atoms with E-state index in [0.29, 0.717) is 35.9 Å². The summed E-state index contributed by atoms with van der Waals surface area (Å²) in [4.78, 5) is 48.6. The Morgan fingerprint density at radius 1 is 1.07 bits per heavy atom. The van der Waals surface area contributed by atoms with E-state index in [-0.39, 0.29) is 47.5 Å². The van der Waals surface area contributed by atoms with E-state index in [4.69, 9.17) is 9.47 Å². The van der Waals surface area contributed by atoms with E-state index in [1.807, 2.05) is 31.2 Å². The van der Waals surface area contributed by atoms with E-state index in [0.717, 1.165) is 0 Å². The van der Waals surface area contributed by atoms with E-state index < -0.39 is 28.7 Å². The lowest BCUT2D eigenvalue weighted by Crippen LogP contribution is -2.57. The normalized spacial score (nSPS) is 27.1. The summed E-state index contributed by atoms with van der Waals surface area (Å²) in [6.45, 7) is 12.1. The predicted molar refractivity (Wildman–Crippen MR) is 181 cm³/mol. The maximum absolute atomic E-state index is 14.7. The van der Waals surface area contributed by atoms with E-state index in [1.54, 1.807) is 72.0 Å². The second-order valence-corrected chi connectivity index (χ2v) is 14.3. The van der Waals surface area contributed by atoms with Gasteiger partial charge in [-0.05, 0) is 68.8 Å². The van der Waals surface area contributed by atoms with Gasteiger partial charge in [0.1, 0.15) is 17.5 Å². The molecule has 3 aliphatic heterocycles. The highest BCUT2D eigenvalue weighted by Crippen LogP contribution is 2.68. The number of rotatable bonds is 13. The Balaban J connectivity index is 1.56. The second kappa shape index (κ2) is 13.6. The number of halogens is 1. The number of carbonyl (C=O) groups excluding carboxylic acids is 3. The molecule has 0 aromatic heterocycles. The lowest BCUT2D eigenvalue weighted by atomic mass is 9.70. The van der Waals surface area contributed by atoms with Crippen LogP contribution in [0.2, 0.25) is 0 Å². The number of thioether (sulfide) groups is 1. The number of alkyl halides is 1. The van der Waals surface area contributed by atoms with Crippen molar-refractivity contribution in [2.75, 3.05) is 43.2 Å². The zero-order valence-corrected chi connectivity index (χ0v) is 28.2. The van der Waals surface area contributed by atoms with Gasteiger partial charge in [-0.25, -0.2) is 0 Å². The highest BCUT2D eigenvalue weighted by atomic mass is 79.9.